The highest BCUT2D eigenvalue weighted by Crippen LogP contribution is 2.10. The van der Waals surface area contributed by atoms with Gasteiger partial charge in [0.05, 0.1) is 6.20 Å². The van der Waals surface area contributed by atoms with E-state index in [1.165, 1.54) is 69.3 Å². The molecule has 0 radical (unpaired) electrons. The monoisotopic (exact) mass is 317 g/mol. The summed E-state index contributed by atoms with van der Waals surface area (Å²) in [5, 5.41) is 17.2. The smallest absolute Gasteiger partial charge is 0.291 e. The molecule has 0 aromatic rings. The third kappa shape index (κ3) is 14.9. The Bertz CT molecular complexity index is 298. The number of nitrogens with zero attached hydrogens (tertiary/aromatic N) is 3. The topological polar surface area (TPSA) is 108 Å². The fraction of sp³-hybridized carbons (Fsp3) is 0.857. The van der Waals surface area contributed by atoms with Crippen molar-refractivity contribution in [3.63, 3.8) is 0 Å². The van der Waals surface area contributed by atoms with Gasteiger partial charge in [-0.3, -0.25) is 5.01 Å². The summed E-state index contributed by atoms with van der Waals surface area (Å²) in [6.07, 6.45) is 17.6. The number of nitrogens with one attached hydrogen (secondary N) is 1. The van der Waals surface area contributed by atoms with Crippen LogP contribution in [0, 0.1) is 10.1 Å². The van der Waals surface area contributed by atoms with Crippen molar-refractivity contribution in [2.75, 3.05) is 6.54 Å². The molecule has 4 N–H and O–H groups in total. The zero-order chi connectivity index (χ0) is 16.6. The Hall–Kier alpha value is -1.54. The largest absolute Gasteiger partial charge is 0.328 e. The fourth-order valence-corrected chi connectivity index (χ4v) is 2.26. The second kappa shape index (κ2) is 14.4. The lowest BCUT2D eigenvalue weighted by Gasteiger charge is -2.18. The zero-order valence-electron chi connectivity index (χ0n) is 13.6. The van der Waals surface area contributed by atoms with E-state index >= 15 is 0 Å². The van der Waals surface area contributed by atoms with Crippen molar-refractivity contribution >= 4 is 0 Å². The minimum atomic E-state index is -1.50. The lowest BCUT2D eigenvalue weighted by Crippen LogP contribution is -2.43. The van der Waals surface area contributed by atoms with Crippen LogP contribution < -0.4 is 11.4 Å². The molecule has 8 nitrogen and oxygen atoms in total. The van der Waals surface area contributed by atoms with Crippen LogP contribution in [0.1, 0.15) is 71.1 Å². The summed E-state index contributed by atoms with van der Waals surface area (Å²) in [4.78, 5) is 8.36. The third-order valence-electron chi connectivity index (χ3n) is 3.40. The SMILES string of the molecule is CCCCCCCCCCCCN1C=CN(N)N1.O=[N+]([O-])O. The number of hydrogen-bond donors (Lipinski definition) is 3. The van der Waals surface area contributed by atoms with Crippen LogP contribution in [0.3, 0.4) is 0 Å². The van der Waals surface area contributed by atoms with Crippen molar-refractivity contribution in [1.82, 2.24) is 15.7 Å². The molecule has 0 fully saturated rings. The fourth-order valence-electron chi connectivity index (χ4n) is 2.26. The zero-order valence-corrected chi connectivity index (χ0v) is 13.6. The molecule has 0 aromatic carbocycles. The van der Waals surface area contributed by atoms with Crippen LogP contribution in [0.2, 0.25) is 0 Å². The molecule has 0 saturated carbocycles. The van der Waals surface area contributed by atoms with Crippen LogP contribution in [-0.4, -0.2) is 27.0 Å². The van der Waals surface area contributed by atoms with Gasteiger partial charge in [0.1, 0.15) is 0 Å². The normalized spacial score (nSPS) is 13.2. The highest BCUT2D eigenvalue weighted by atomic mass is 16.9. The predicted molar refractivity (Wildman–Crippen MR) is 85.6 cm³/mol. The van der Waals surface area contributed by atoms with E-state index in [0.717, 1.165) is 6.54 Å². The Balaban J connectivity index is 0.000000980. The van der Waals surface area contributed by atoms with Gasteiger partial charge in [-0.1, -0.05) is 64.7 Å². The first-order valence-corrected chi connectivity index (χ1v) is 8.14. The van der Waals surface area contributed by atoms with Gasteiger partial charge in [-0.25, -0.2) is 11.0 Å². The van der Waals surface area contributed by atoms with Gasteiger partial charge < -0.3 is 5.21 Å². The molecule has 1 rings (SSSR count). The van der Waals surface area contributed by atoms with Gasteiger partial charge >= 0.3 is 0 Å². The van der Waals surface area contributed by atoms with E-state index in [0.29, 0.717) is 0 Å². The van der Waals surface area contributed by atoms with Gasteiger partial charge in [0.25, 0.3) is 5.09 Å². The summed E-state index contributed by atoms with van der Waals surface area (Å²) in [6, 6.07) is 0. The quantitative estimate of drug-likeness (QED) is 0.233. The molecule has 0 amide bonds. The maximum absolute atomic E-state index is 8.36. The standard InChI is InChI=1S/C14H30N4.HNO3/c1-2-3-4-5-6-7-8-9-10-11-12-17-13-14-18(15)16-17;2-1(3)4/h13-14,16H,2-12,15H2,1H3;(H,2,3,4). The summed E-state index contributed by atoms with van der Waals surface area (Å²) >= 11 is 0. The maximum atomic E-state index is 8.36. The summed E-state index contributed by atoms with van der Waals surface area (Å²) in [5.41, 5.74) is 3.02. The van der Waals surface area contributed by atoms with Crippen LogP contribution in [0.4, 0.5) is 0 Å². The molecule has 0 saturated heterocycles. The lowest BCUT2D eigenvalue weighted by atomic mass is 10.1. The molecular formula is C14H31N5O3. The summed E-state index contributed by atoms with van der Waals surface area (Å²) in [6.45, 7) is 3.31. The molecule has 0 bridgehead atoms. The number of nitrogens with two attached hydrogens (primary N) is 1. The number of hydrogen-bond acceptors (Lipinski definition) is 6. The second-order valence-corrected chi connectivity index (χ2v) is 5.42. The van der Waals surface area contributed by atoms with Crippen molar-refractivity contribution in [2.45, 2.75) is 71.1 Å². The van der Waals surface area contributed by atoms with Crippen LogP contribution in [0.15, 0.2) is 12.4 Å². The molecule has 0 aliphatic carbocycles. The van der Waals surface area contributed by atoms with Gasteiger partial charge in [0.15, 0.2) is 0 Å². The Morgan fingerprint density at radius 1 is 1.05 bits per heavy atom. The van der Waals surface area contributed by atoms with E-state index in [9.17, 15) is 0 Å². The van der Waals surface area contributed by atoms with Crippen molar-refractivity contribution < 1.29 is 10.3 Å². The Labute approximate surface area is 133 Å². The molecule has 1 heterocycles. The maximum Gasteiger partial charge on any atom is 0.291 e. The highest BCUT2D eigenvalue weighted by Gasteiger charge is 2.06. The van der Waals surface area contributed by atoms with Gasteiger partial charge in [-0.05, 0) is 6.42 Å². The highest BCUT2D eigenvalue weighted by molar-refractivity contribution is 4.82. The van der Waals surface area contributed by atoms with Gasteiger partial charge in [-0.15, -0.1) is 15.6 Å². The molecule has 0 unspecified atom stereocenters. The number of unbranched alkanes of at least 4 members (excludes halogenated alkanes) is 9. The molecule has 8 heteroatoms. The summed E-state index contributed by atoms with van der Waals surface area (Å²) < 4.78 is 0. The van der Waals surface area contributed by atoms with E-state index in [1.807, 2.05) is 17.4 Å². The van der Waals surface area contributed by atoms with Crippen LogP contribution >= 0.6 is 0 Å². The molecular weight excluding hydrogens is 286 g/mol. The Morgan fingerprint density at radius 3 is 1.91 bits per heavy atom. The average molecular weight is 317 g/mol. The first kappa shape index (κ1) is 20.5. The van der Waals surface area contributed by atoms with Crippen LogP contribution in [0.25, 0.3) is 0 Å². The van der Waals surface area contributed by atoms with Crippen molar-refractivity contribution in [2.24, 2.45) is 5.84 Å². The van der Waals surface area contributed by atoms with Gasteiger partial charge in [0, 0.05) is 12.7 Å². The minimum Gasteiger partial charge on any atom is -0.328 e. The van der Waals surface area contributed by atoms with Crippen molar-refractivity contribution in [3.05, 3.63) is 22.5 Å². The van der Waals surface area contributed by atoms with E-state index in [2.05, 4.69) is 12.5 Å². The minimum absolute atomic E-state index is 1.04. The van der Waals surface area contributed by atoms with E-state index in [-0.39, 0.29) is 0 Å². The molecule has 0 spiro atoms. The van der Waals surface area contributed by atoms with E-state index < -0.39 is 5.09 Å². The van der Waals surface area contributed by atoms with E-state index in [4.69, 9.17) is 21.2 Å². The summed E-state index contributed by atoms with van der Waals surface area (Å²) in [7, 11) is 0. The Kier molecular flexibility index (Phi) is 13.4. The molecule has 22 heavy (non-hydrogen) atoms. The second-order valence-electron chi connectivity index (χ2n) is 5.42. The Morgan fingerprint density at radius 2 is 1.50 bits per heavy atom. The van der Waals surface area contributed by atoms with Crippen molar-refractivity contribution in [3.8, 4) is 0 Å². The molecule has 1 aliphatic heterocycles. The first-order valence-electron chi connectivity index (χ1n) is 8.14. The van der Waals surface area contributed by atoms with Crippen LogP contribution in [-0.2, 0) is 0 Å². The van der Waals surface area contributed by atoms with Gasteiger partial charge in [0.2, 0.25) is 0 Å². The number of hydrazine groups is 3. The van der Waals surface area contributed by atoms with Gasteiger partial charge in [-0.2, -0.15) is 0 Å². The number of rotatable bonds is 11. The molecule has 0 aromatic heterocycles. The average Bonchev–Trinajstić information content (AvgIpc) is 2.86. The van der Waals surface area contributed by atoms with Crippen LogP contribution in [0.5, 0.6) is 0 Å². The predicted octanol–water partition coefficient (Wildman–Crippen LogP) is 2.94. The third-order valence-corrected chi connectivity index (χ3v) is 3.40. The molecule has 1 aliphatic rings. The molecule has 0 atom stereocenters. The van der Waals surface area contributed by atoms with Crippen molar-refractivity contribution in [1.29, 1.82) is 0 Å². The van der Waals surface area contributed by atoms with E-state index in [1.54, 1.807) is 0 Å². The molecule has 130 valence electrons. The lowest BCUT2D eigenvalue weighted by molar-refractivity contribution is -0.742. The summed E-state index contributed by atoms with van der Waals surface area (Å²) in [5.74, 6) is 5.54. The first-order chi connectivity index (χ1) is 10.6.